The number of hydrogen-bond donors (Lipinski definition) is 2. The molecular formula is C24H21ClFNO3. The van der Waals surface area contributed by atoms with Crippen molar-refractivity contribution in [1.29, 1.82) is 0 Å². The first kappa shape index (κ1) is 21.5. The van der Waals surface area contributed by atoms with Crippen LogP contribution in [-0.2, 0) is 11.2 Å². The standard InChI is InChI=1S/C24H21ClFNO3/c25-21-12-10-19(11-13-21)18-6-8-20(9-7-18)22(27-30)16-24(26,23(28)29)15-14-17-4-2-1-3-5-17/h1-13,30H,14-16H2,(H,28,29). The number of alkyl halides is 1. The SMILES string of the molecule is O=C(O)C(F)(CCc1ccccc1)CC(=NO)c1ccc(-c2ccc(Cl)cc2)cc1. The number of carbonyl (C=O) groups is 1. The van der Waals surface area contributed by atoms with Gasteiger partial charge in [-0.15, -0.1) is 0 Å². The molecule has 3 rings (SSSR count). The van der Waals surface area contributed by atoms with Crippen molar-refractivity contribution in [3.8, 4) is 11.1 Å². The highest BCUT2D eigenvalue weighted by molar-refractivity contribution is 6.30. The van der Waals surface area contributed by atoms with E-state index in [2.05, 4.69) is 5.16 Å². The monoisotopic (exact) mass is 425 g/mol. The molecule has 0 aliphatic rings. The Labute approximate surface area is 179 Å². The topological polar surface area (TPSA) is 69.9 Å². The summed E-state index contributed by atoms with van der Waals surface area (Å²) in [7, 11) is 0. The fraction of sp³-hybridized carbons (Fsp3) is 0.167. The number of aliphatic carboxylic acids is 1. The predicted octanol–water partition coefficient (Wildman–Crippen LogP) is 6.00. The van der Waals surface area contributed by atoms with E-state index < -0.39 is 18.1 Å². The van der Waals surface area contributed by atoms with E-state index in [-0.39, 0.29) is 18.6 Å². The zero-order valence-electron chi connectivity index (χ0n) is 16.1. The van der Waals surface area contributed by atoms with Crippen LogP contribution in [-0.4, -0.2) is 27.7 Å². The molecule has 0 spiro atoms. The molecule has 0 radical (unpaired) electrons. The maximum absolute atomic E-state index is 15.3. The first-order valence-electron chi connectivity index (χ1n) is 9.45. The maximum Gasteiger partial charge on any atom is 0.341 e. The molecule has 0 saturated carbocycles. The lowest BCUT2D eigenvalue weighted by atomic mass is 9.89. The Morgan fingerprint density at radius 2 is 1.50 bits per heavy atom. The summed E-state index contributed by atoms with van der Waals surface area (Å²) in [4.78, 5) is 11.7. The lowest BCUT2D eigenvalue weighted by Gasteiger charge is -2.21. The van der Waals surface area contributed by atoms with Gasteiger partial charge in [0.15, 0.2) is 0 Å². The second kappa shape index (κ2) is 9.55. The molecule has 30 heavy (non-hydrogen) atoms. The first-order chi connectivity index (χ1) is 14.4. The van der Waals surface area contributed by atoms with Crippen LogP contribution in [0.2, 0.25) is 5.02 Å². The van der Waals surface area contributed by atoms with E-state index in [1.54, 1.807) is 36.4 Å². The molecule has 4 nitrogen and oxygen atoms in total. The lowest BCUT2D eigenvalue weighted by molar-refractivity contribution is -0.150. The molecule has 0 bridgehead atoms. The number of aryl methyl sites for hydroxylation is 1. The summed E-state index contributed by atoms with van der Waals surface area (Å²) in [5, 5.41) is 22.8. The van der Waals surface area contributed by atoms with E-state index >= 15 is 4.39 Å². The lowest BCUT2D eigenvalue weighted by Crippen LogP contribution is -2.37. The molecular weight excluding hydrogens is 405 g/mol. The van der Waals surface area contributed by atoms with Crippen LogP contribution < -0.4 is 0 Å². The van der Waals surface area contributed by atoms with Gasteiger partial charge in [0, 0.05) is 11.4 Å². The van der Waals surface area contributed by atoms with E-state index in [0.29, 0.717) is 10.6 Å². The van der Waals surface area contributed by atoms with Gasteiger partial charge >= 0.3 is 5.97 Å². The van der Waals surface area contributed by atoms with Crippen LogP contribution >= 0.6 is 11.6 Å². The number of nitrogens with zero attached hydrogens (tertiary/aromatic N) is 1. The maximum atomic E-state index is 15.3. The Bertz CT molecular complexity index is 1020. The highest BCUT2D eigenvalue weighted by Crippen LogP contribution is 2.28. The number of benzene rings is 3. The highest BCUT2D eigenvalue weighted by Gasteiger charge is 2.40. The van der Waals surface area contributed by atoms with Gasteiger partial charge in [0.05, 0.1) is 5.71 Å². The zero-order valence-corrected chi connectivity index (χ0v) is 16.9. The molecule has 1 unspecified atom stereocenters. The summed E-state index contributed by atoms with van der Waals surface area (Å²) in [5.74, 6) is -1.57. The molecule has 0 aliphatic carbocycles. The van der Waals surface area contributed by atoms with Crippen molar-refractivity contribution in [2.45, 2.75) is 24.9 Å². The first-order valence-corrected chi connectivity index (χ1v) is 9.82. The van der Waals surface area contributed by atoms with Crippen LogP contribution in [0.25, 0.3) is 11.1 Å². The van der Waals surface area contributed by atoms with Crippen molar-refractivity contribution >= 4 is 23.3 Å². The predicted molar refractivity (Wildman–Crippen MR) is 116 cm³/mol. The quantitative estimate of drug-likeness (QED) is 0.264. The van der Waals surface area contributed by atoms with Crippen LogP contribution in [0.15, 0.2) is 84.0 Å². The van der Waals surface area contributed by atoms with E-state index in [4.69, 9.17) is 11.6 Å². The molecule has 3 aromatic rings. The van der Waals surface area contributed by atoms with Crippen LogP contribution in [0.5, 0.6) is 0 Å². The van der Waals surface area contributed by atoms with E-state index in [1.165, 1.54) is 0 Å². The van der Waals surface area contributed by atoms with Crippen LogP contribution in [0.4, 0.5) is 4.39 Å². The molecule has 0 amide bonds. The Hall–Kier alpha value is -3.18. The summed E-state index contributed by atoms with van der Waals surface area (Å²) in [6.45, 7) is 0. The number of rotatable bonds is 8. The molecule has 0 aliphatic heterocycles. The second-order valence-electron chi connectivity index (χ2n) is 7.06. The number of carboxylic acid groups (broad SMARTS) is 1. The molecule has 6 heteroatoms. The second-order valence-corrected chi connectivity index (χ2v) is 7.50. The summed E-state index contributed by atoms with van der Waals surface area (Å²) in [5.41, 5.74) is 0.583. The normalized spacial score (nSPS) is 13.6. The Kier molecular flexibility index (Phi) is 6.85. The third kappa shape index (κ3) is 5.24. The van der Waals surface area contributed by atoms with Crippen molar-refractivity contribution in [2.75, 3.05) is 0 Å². The average Bonchev–Trinajstić information content (AvgIpc) is 2.77. The Balaban J connectivity index is 1.76. The van der Waals surface area contributed by atoms with Crippen molar-refractivity contribution in [3.63, 3.8) is 0 Å². The van der Waals surface area contributed by atoms with E-state index in [1.807, 2.05) is 42.5 Å². The minimum Gasteiger partial charge on any atom is -0.479 e. The van der Waals surface area contributed by atoms with Gasteiger partial charge in [-0.2, -0.15) is 0 Å². The van der Waals surface area contributed by atoms with Gasteiger partial charge in [-0.3, -0.25) is 0 Å². The Morgan fingerprint density at radius 1 is 0.933 bits per heavy atom. The van der Waals surface area contributed by atoms with Gasteiger partial charge in [0.25, 0.3) is 0 Å². The summed E-state index contributed by atoms with van der Waals surface area (Å²) in [6, 6.07) is 23.4. The minimum atomic E-state index is -2.55. The van der Waals surface area contributed by atoms with Gasteiger partial charge in [-0.05, 0) is 47.2 Å². The minimum absolute atomic E-state index is 0.0179. The molecule has 3 aromatic carbocycles. The largest absolute Gasteiger partial charge is 0.479 e. The van der Waals surface area contributed by atoms with Crippen molar-refractivity contribution in [1.82, 2.24) is 0 Å². The Morgan fingerprint density at radius 3 is 2.03 bits per heavy atom. The molecule has 0 heterocycles. The zero-order chi connectivity index (χ0) is 21.6. The number of carboxylic acids is 1. The molecule has 154 valence electrons. The summed E-state index contributed by atoms with van der Waals surface area (Å²) < 4.78 is 15.3. The van der Waals surface area contributed by atoms with Crippen molar-refractivity contribution in [2.24, 2.45) is 5.16 Å². The van der Waals surface area contributed by atoms with Crippen LogP contribution in [0.3, 0.4) is 0 Å². The van der Waals surface area contributed by atoms with Gasteiger partial charge < -0.3 is 10.3 Å². The van der Waals surface area contributed by atoms with Gasteiger partial charge in [0.2, 0.25) is 5.67 Å². The van der Waals surface area contributed by atoms with Gasteiger partial charge in [0.1, 0.15) is 0 Å². The number of hydrogen-bond acceptors (Lipinski definition) is 3. The third-order valence-electron chi connectivity index (χ3n) is 5.00. The fourth-order valence-corrected chi connectivity index (χ4v) is 3.34. The number of halogens is 2. The van der Waals surface area contributed by atoms with Gasteiger partial charge in [-0.25, -0.2) is 9.18 Å². The molecule has 0 aromatic heterocycles. The van der Waals surface area contributed by atoms with Crippen LogP contribution in [0.1, 0.15) is 24.0 Å². The average molecular weight is 426 g/mol. The van der Waals surface area contributed by atoms with Crippen LogP contribution in [0, 0.1) is 0 Å². The van der Waals surface area contributed by atoms with E-state index in [9.17, 15) is 15.1 Å². The van der Waals surface area contributed by atoms with Crippen molar-refractivity contribution in [3.05, 3.63) is 95.0 Å². The smallest absolute Gasteiger partial charge is 0.341 e. The third-order valence-corrected chi connectivity index (χ3v) is 5.25. The molecule has 0 saturated heterocycles. The molecule has 0 fully saturated rings. The summed E-state index contributed by atoms with van der Waals surface area (Å²) >= 11 is 5.91. The fourth-order valence-electron chi connectivity index (χ4n) is 3.22. The van der Waals surface area contributed by atoms with E-state index in [0.717, 1.165) is 16.7 Å². The number of oxime groups is 1. The molecule has 2 N–H and O–H groups in total. The molecule has 1 atom stereocenters. The van der Waals surface area contributed by atoms with Gasteiger partial charge in [-0.1, -0.05) is 83.5 Å². The van der Waals surface area contributed by atoms with Crippen molar-refractivity contribution < 1.29 is 19.5 Å². The highest BCUT2D eigenvalue weighted by atomic mass is 35.5. The summed E-state index contributed by atoms with van der Waals surface area (Å²) in [6.07, 6.45) is -0.502.